The van der Waals surface area contributed by atoms with Crippen LogP contribution >= 0.6 is 22.6 Å². The lowest BCUT2D eigenvalue weighted by atomic mass is 9.92. The minimum Gasteiger partial charge on any atom is -0.384 e. The van der Waals surface area contributed by atoms with Crippen LogP contribution in [0.5, 0.6) is 0 Å². The van der Waals surface area contributed by atoms with Gasteiger partial charge in [-0.1, -0.05) is 0 Å². The molecule has 0 aromatic heterocycles. The second-order valence-corrected chi connectivity index (χ2v) is 8.67. The molecule has 0 saturated carbocycles. The summed E-state index contributed by atoms with van der Waals surface area (Å²) in [4.78, 5) is 30.0. The molecule has 0 radical (unpaired) electrons. The Morgan fingerprint density at radius 1 is 1.27 bits per heavy atom. The maximum absolute atomic E-state index is 14.6. The molecule has 0 atom stereocenters. The van der Waals surface area contributed by atoms with Crippen LogP contribution in [0.25, 0.3) is 0 Å². The lowest BCUT2D eigenvalue weighted by Crippen LogP contribution is -2.68. The van der Waals surface area contributed by atoms with Crippen LogP contribution < -0.4 is 11.1 Å². The normalized spacial score (nSPS) is 14.3. The van der Waals surface area contributed by atoms with Gasteiger partial charge in [0.25, 0.3) is 5.91 Å². The summed E-state index contributed by atoms with van der Waals surface area (Å²) < 4.78 is 43.3. The first-order valence-electron chi connectivity index (χ1n) is 9.42. The van der Waals surface area contributed by atoms with Crippen LogP contribution in [0.1, 0.15) is 17.3 Å². The number of β-amino-alcohol motifs (C(OH)–C–C–N with tert-alkyl or cyclic N) is 1. The number of carbonyl (C=O) groups excluding carboxylic acids is 2. The standard InChI is InChI=1S/C20H19F3IN5O4/c1-10(30)33-29(19(25)26)9-20(32)7-28(8-20)18(31)12-3-4-13(21)16(23)17(12)27-15-5-2-11(24)6-14(15)22/h2-6,27,32H,7-9H2,1H3,(H3,25,26). The molecule has 1 heterocycles. The van der Waals surface area contributed by atoms with Crippen molar-refractivity contribution in [3.63, 3.8) is 0 Å². The lowest BCUT2D eigenvalue weighted by molar-refractivity contribution is -0.188. The van der Waals surface area contributed by atoms with Gasteiger partial charge in [0.05, 0.1) is 36.6 Å². The monoisotopic (exact) mass is 577 g/mol. The van der Waals surface area contributed by atoms with E-state index in [2.05, 4.69) is 5.32 Å². The number of likely N-dealkylation sites (tertiary alicyclic amines) is 1. The van der Waals surface area contributed by atoms with Crippen molar-refractivity contribution in [2.75, 3.05) is 25.0 Å². The number of aliphatic hydroxyl groups is 1. The molecule has 9 nitrogen and oxygen atoms in total. The summed E-state index contributed by atoms with van der Waals surface area (Å²) in [7, 11) is 0. The predicted molar refractivity (Wildman–Crippen MR) is 120 cm³/mol. The van der Waals surface area contributed by atoms with Crippen LogP contribution in [0.3, 0.4) is 0 Å². The van der Waals surface area contributed by atoms with Gasteiger partial charge in [-0.2, -0.15) is 5.06 Å². The Bertz CT molecular complexity index is 1130. The Labute approximate surface area is 199 Å². The summed E-state index contributed by atoms with van der Waals surface area (Å²) in [5, 5.41) is 21.1. The van der Waals surface area contributed by atoms with E-state index in [0.29, 0.717) is 8.63 Å². The molecule has 0 spiro atoms. The zero-order chi connectivity index (χ0) is 24.5. The second-order valence-electron chi connectivity index (χ2n) is 7.42. The summed E-state index contributed by atoms with van der Waals surface area (Å²) >= 11 is 1.89. The van der Waals surface area contributed by atoms with Crippen molar-refractivity contribution in [3.8, 4) is 0 Å². The van der Waals surface area contributed by atoms with Crippen LogP contribution in [-0.2, 0) is 9.63 Å². The summed E-state index contributed by atoms with van der Waals surface area (Å²) in [6.45, 7) is 0.160. The molecule has 1 aliphatic rings. The van der Waals surface area contributed by atoms with Crippen molar-refractivity contribution in [1.82, 2.24) is 9.96 Å². The van der Waals surface area contributed by atoms with Gasteiger partial charge in [0.1, 0.15) is 11.4 Å². The van der Waals surface area contributed by atoms with Crippen molar-refractivity contribution in [2.45, 2.75) is 12.5 Å². The number of hydrogen-bond donors (Lipinski definition) is 4. The lowest BCUT2D eigenvalue weighted by Gasteiger charge is -2.47. The zero-order valence-electron chi connectivity index (χ0n) is 17.2. The van der Waals surface area contributed by atoms with Crippen molar-refractivity contribution in [3.05, 3.63) is 56.9 Å². The Hall–Kier alpha value is -3.07. The molecule has 3 rings (SSSR count). The molecule has 2 aromatic rings. The number of amides is 1. The summed E-state index contributed by atoms with van der Waals surface area (Å²) in [6, 6.07) is 5.86. The van der Waals surface area contributed by atoms with Crippen molar-refractivity contribution in [1.29, 1.82) is 5.41 Å². The third kappa shape index (κ3) is 5.47. The van der Waals surface area contributed by atoms with Gasteiger partial charge in [-0.25, -0.2) is 13.2 Å². The van der Waals surface area contributed by atoms with Crippen LogP contribution in [0, 0.1) is 26.4 Å². The average Bonchev–Trinajstić information content (AvgIpc) is 2.70. The fraction of sp³-hybridized carbons (Fsp3) is 0.250. The van der Waals surface area contributed by atoms with Gasteiger partial charge in [0.2, 0.25) is 5.96 Å². The molecule has 2 aromatic carbocycles. The van der Waals surface area contributed by atoms with Gasteiger partial charge in [-0.05, 0) is 52.9 Å². The molecule has 1 fully saturated rings. The fourth-order valence-corrected chi connectivity index (χ4v) is 3.70. The maximum Gasteiger partial charge on any atom is 0.329 e. The van der Waals surface area contributed by atoms with Gasteiger partial charge in [-0.3, -0.25) is 15.0 Å². The number of nitrogens with one attached hydrogen (secondary N) is 2. The summed E-state index contributed by atoms with van der Waals surface area (Å²) in [5.74, 6) is -5.48. The number of anilines is 2. The molecule has 33 heavy (non-hydrogen) atoms. The van der Waals surface area contributed by atoms with E-state index < -0.39 is 46.6 Å². The molecule has 5 N–H and O–H groups in total. The predicted octanol–water partition coefficient (Wildman–Crippen LogP) is 2.31. The van der Waals surface area contributed by atoms with Gasteiger partial charge < -0.3 is 25.9 Å². The summed E-state index contributed by atoms with van der Waals surface area (Å²) in [6.07, 6.45) is 0. The summed E-state index contributed by atoms with van der Waals surface area (Å²) in [5.41, 5.74) is 2.75. The van der Waals surface area contributed by atoms with Crippen LogP contribution in [0.4, 0.5) is 24.5 Å². The highest BCUT2D eigenvalue weighted by Gasteiger charge is 2.46. The number of benzene rings is 2. The van der Waals surface area contributed by atoms with Crippen LogP contribution in [0.2, 0.25) is 0 Å². The molecule has 0 unspecified atom stereocenters. The molecule has 0 bridgehead atoms. The van der Waals surface area contributed by atoms with E-state index in [0.717, 1.165) is 24.0 Å². The highest BCUT2D eigenvalue weighted by Crippen LogP contribution is 2.32. The van der Waals surface area contributed by atoms with Crippen LogP contribution in [-0.4, -0.2) is 58.1 Å². The zero-order valence-corrected chi connectivity index (χ0v) is 19.3. The Kier molecular flexibility index (Phi) is 7.02. The van der Waals surface area contributed by atoms with E-state index in [-0.39, 0.29) is 30.9 Å². The highest BCUT2D eigenvalue weighted by atomic mass is 127. The second kappa shape index (κ2) is 9.43. The average molecular weight is 577 g/mol. The number of rotatable bonds is 5. The first kappa shape index (κ1) is 24.6. The van der Waals surface area contributed by atoms with E-state index in [1.807, 2.05) is 22.6 Å². The van der Waals surface area contributed by atoms with E-state index >= 15 is 0 Å². The third-order valence-electron chi connectivity index (χ3n) is 4.72. The smallest absolute Gasteiger partial charge is 0.329 e. The number of halogens is 4. The molecular weight excluding hydrogens is 558 g/mol. The van der Waals surface area contributed by atoms with Crippen molar-refractivity contribution < 1.29 is 32.7 Å². The number of hydroxylamine groups is 2. The van der Waals surface area contributed by atoms with Gasteiger partial charge in [0.15, 0.2) is 11.6 Å². The molecule has 1 aliphatic heterocycles. The highest BCUT2D eigenvalue weighted by molar-refractivity contribution is 14.1. The van der Waals surface area contributed by atoms with E-state index in [9.17, 15) is 27.9 Å². The quantitative estimate of drug-likeness (QED) is 0.186. The van der Waals surface area contributed by atoms with E-state index in [4.69, 9.17) is 16.0 Å². The number of carbonyl (C=O) groups is 2. The SMILES string of the molecule is CC(=O)ON(CC1(O)CN(C(=O)c2ccc(F)c(F)c2Nc2ccc(I)cc2F)C1)C(=N)N. The number of guanidine groups is 1. The third-order valence-corrected chi connectivity index (χ3v) is 5.39. The van der Waals surface area contributed by atoms with Gasteiger partial charge >= 0.3 is 5.97 Å². The van der Waals surface area contributed by atoms with Gasteiger partial charge in [-0.15, -0.1) is 0 Å². The maximum atomic E-state index is 14.6. The minimum absolute atomic E-state index is 0.160. The van der Waals surface area contributed by atoms with Crippen molar-refractivity contribution >= 4 is 51.8 Å². The van der Waals surface area contributed by atoms with E-state index in [1.54, 1.807) is 6.07 Å². The molecule has 1 amide bonds. The topological polar surface area (TPSA) is 132 Å². The van der Waals surface area contributed by atoms with Gasteiger partial charge in [0, 0.05) is 10.5 Å². The molecule has 176 valence electrons. The molecule has 1 saturated heterocycles. The largest absolute Gasteiger partial charge is 0.384 e. The number of nitrogens with zero attached hydrogens (tertiary/aromatic N) is 2. The molecule has 0 aliphatic carbocycles. The Morgan fingerprint density at radius 2 is 1.94 bits per heavy atom. The molecular formula is C20H19F3IN5O4. The number of hydrogen-bond acceptors (Lipinski definition) is 6. The first-order chi connectivity index (χ1) is 15.4. The van der Waals surface area contributed by atoms with Crippen LogP contribution in [0.15, 0.2) is 30.3 Å². The van der Waals surface area contributed by atoms with E-state index in [1.165, 1.54) is 12.1 Å². The number of nitrogens with two attached hydrogens (primary N) is 1. The molecule has 13 heteroatoms. The van der Waals surface area contributed by atoms with Crippen molar-refractivity contribution in [2.24, 2.45) is 5.73 Å². The fourth-order valence-electron chi connectivity index (χ4n) is 3.24. The first-order valence-corrected chi connectivity index (χ1v) is 10.5. The minimum atomic E-state index is -1.58. The Morgan fingerprint density at radius 3 is 2.52 bits per heavy atom. The Balaban J connectivity index is 1.80.